The molecule has 68 valence electrons. The molecule has 0 amide bonds. The van der Waals surface area contributed by atoms with Gasteiger partial charge in [0.2, 0.25) is 0 Å². The predicted octanol–water partition coefficient (Wildman–Crippen LogP) is 1.29. The molecule has 2 rings (SSSR count). The highest BCUT2D eigenvalue weighted by Gasteiger charge is 2.14. The summed E-state index contributed by atoms with van der Waals surface area (Å²) in [4.78, 5) is 12.8. The zero-order valence-corrected chi connectivity index (χ0v) is 7.27. The second-order valence-corrected chi connectivity index (χ2v) is 2.98. The molecule has 3 nitrogen and oxygen atoms in total. The van der Waals surface area contributed by atoms with Crippen molar-refractivity contribution >= 4 is 12.0 Å². The van der Waals surface area contributed by atoms with E-state index in [9.17, 15) is 4.79 Å². The fourth-order valence-electron chi connectivity index (χ4n) is 1.48. The second-order valence-electron chi connectivity index (χ2n) is 2.98. The molecule has 0 atom stereocenters. The normalized spacial score (nSPS) is 16.2. The lowest BCUT2D eigenvalue weighted by Crippen LogP contribution is -2.19. The van der Waals surface area contributed by atoms with E-state index in [2.05, 4.69) is 4.90 Å². The minimum atomic E-state index is 0.588. The predicted molar refractivity (Wildman–Crippen MR) is 50.0 cm³/mol. The number of para-hydroxylation sites is 1. The molecule has 0 aliphatic carbocycles. The molecule has 0 saturated carbocycles. The number of aldehydes is 1. The fraction of sp³-hybridized carbons (Fsp3) is 0.300. The van der Waals surface area contributed by atoms with Crippen molar-refractivity contribution in [1.29, 1.82) is 0 Å². The Balaban J connectivity index is 2.31. The van der Waals surface area contributed by atoms with E-state index >= 15 is 0 Å². The Kier molecular flexibility index (Phi) is 2.27. The Labute approximate surface area is 76.9 Å². The minimum absolute atomic E-state index is 0.588. The van der Waals surface area contributed by atoms with Crippen molar-refractivity contribution in [2.24, 2.45) is 0 Å². The Morgan fingerprint density at radius 3 is 2.92 bits per heavy atom. The maximum atomic E-state index is 10.7. The molecule has 1 heterocycles. The number of hydrogen-bond donors (Lipinski definition) is 0. The molecule has 1 aliphatic rings. The van der Waals surface area contributed by atoms with Crippen LogP contribution in [0, 0.1) is 0 Å². The molecule has 1 aromatic carbocycles. The van der Waals surface area contributed by atoms with Crippen LogP contribution in [0.2, 0.25) is 0 Å². The molecule has 1 aliphatic heterocycles. The quantitative estimate of drug-likeness (QED) is 0.637. The largest absolute Gasteiger partial charge is 0.359 e. The van der Waals surface area contributed by atoms with Crippen molar-refractivity contribution < 1.29 is 9.53 Å². The maximum Gasteiger partial charge on any atom is 0.152 e. The summed E-state index contributed by atoms with van der Waals surface area (Å²) < 4.78 is 5.22. The summed E-state index contributed by atoms with van der Waals surface area (Å²) in [6, 6.07) is 7.56. The lowest BCUT2D eigenvalue weighted by molar-refractivity contribution is 0.112. The summed E-state index contributed by atoms with van der Waals surface area (Å²) in [7, 11) is 0. The first-order valence-corrected chi connectivity index (χ1v) is 4.29. The smallest absolute Gasteiger partial charge is 0.152 e. The zero-order valence-electron chi connectivity index (χ0n) is 7.27. The summed E-state index contributed by atoms with van der Waals surface area (Å²) in [5, 5.41) is 0. The third kappa shape index (κ3) is 1.55. The van der Waals surface area contributed by atoms with Crippen LogP contribution in [0.15, 0.2) is 24.3 Å². The van der Waals surface area contributed by atoms with Gasteiger partial charge in [0.05, 0.1) is 6.61 Å². The number of benzene rings is 1. The first-order chi connectivity index (χ1) is 6.42. The van der Waals surface area contributed by atoms with Crippen molar-refractivity contribution in [2.45, 2.75) is 0 Å². The van der Waals surface area contributed by atoms with Gasteiger partial charge < -0.3 is 9.64 Å². The average Bonchev–Trinajstić information content (AvgIpc) is 2.70. The second kappa shape index (κ2) is 3.58. The average molecular weight is 177 g/mol. The van der Waals surface area contributed by atoms with Gasteiger partial charge in [0.15, 0.2) is 6.29 Å². The molecule has 3 heteroatoms. The number of ether oxygens (including phenoxy) is 1. The molecule has 1 saturated heterocycles. The van der Waals surface area contributed by atoms with E-state index in [1.807, 2.05) is 24.3 Å². The van der Waals surface area contributed by atoms with Gasteiger partial charge in [0.25, 0.3) is 0 Å². The summed E-state index contributed by atoms with van der Waals surface area (Å²) in [6.07, 6.45) is 0.883. The SMILES string of the molecule is O=Cc1ccccc1N1CCOC1. The van der Waals surface area contributed by atoms with Crippen molar-refractivity contribution in [3.05, 3.63) is 29.8 Å². The Hall–Kier alpha value is -1.35. The highest BCUT2D eigenvalue weighted by Crippen LogP contribution is 2.20. The Morgan fingerprint density at radius 2 is 2.23 bits per heavy atom. The number of carbonyl (C=O) groups is 1. The van der Waals surface area contributed by atoms with E-state index in [0.717, 1.165) is 30.7 Å². The van der Waals surface area contributed by atoms with Crippen LogP contribution in [0.1, 0.15) is 10.4 Å². The highest BCUT2D eigenvalue weighted by atomic mass is 16.5. The topological polar surface area (TPSA) is 29.5 Å². The first kappa shape index (κ1) is 8.26. The van der Waals surface area contributed by atoms with Crippen molar-refractivity contribution in [2.75, 3.05) is 24.8 Å². The van der Waals surface area contributed by atoms with E-state index in [4.69, 9.17) is 4.74 Å². The maximum absolute atomic E-state index is 10.7. The molecule has 0 N–H and O–H groups in total. The lowest BCUT2D eigenvalue weighted by atomic mass is 10.2. The molecule has 1 aromatic rings. The number of nitrogens with zero attached hydrogens (tertiary/aromatic N) is 1. The third-order valence-corrected chi connectivity index (χ3v) is 2.16. The van der Waals surface area contributed by atoms with Crippen LogP contribution in [0.4, 0.5) is 5.69 Å². The van der Waals surface area contributed by atoms with Crippen LogP contribution in [-0.4, -0.2) is 26.2 Å². The van der Waals surface area contributed by atoms with Crippen molar-refractivity contribution in [3.8, 4) is 0 Å². The van der Waals surface area contributed by atoms with Crippen molar-refractivity contribution in [1.82, 2.24) is 0 Å². The van der Waals surface area contributed by atoms with Gasteiger partial charge in [0, 0.05) is 17.8 Å². The van der Waals surface area contributed by atoms with Crippen LogP contribution in [-0.2, 0) is 4.74 Å². The molecule has 0 bridgehead atoms. The number of hydrogen-bond acceptors (Lipinski definition) is 3. The van der Waals surface area contributed by atoms with E-state index in [1.165, 1.54) is 0 Å². The van der Waals surface area contributed by atoms with Crippen LogP contribution in [0.3, 0.4) is 0 Å². The fourth-order valence-corrected chi connectivity index (χ4v) is 1.48. The van der Waals surface area contributed by atoms with Gasteiger partial charge in [-0.3, -0.25) is 4.79 Å². The molecule has 13 heavy (non-hydrogen) atoms. The lowest BCUT2D eigenvalue weighted by Gasteiger charge is -2.17. The van der Waals surface area contributed by atoms with Gasteiger partial charge in [-0.15, -0.1) is 0 Å². The molecule has 0 spiro atoms. The van der Waals surface area contributed by atoms with E-state index in [1.54, 1.807) is 0 Å². The summed E-state index contributed by atoms with van der Waals surface area (Å²) in [5.41, 5.74) is 1.70. The number of rotatable bonds is 2. The van der Waals surface area contributed by atoms with Crippen molar-refractivity contribution in [3.63, 3.8) is 0 Å². The van der Waals surface area contributed by atoms with Gasteiger partial charge in [-0.1, -0.05) is 12.1 Å². The highest BCUT2D eigenvalue weighted by molar-refractivity contribution is 5.84. The van der Waals surface area contributed by atoms with Gasteiger partial charge >= 0.3 is 0 Å². The van der Waals surface area contributed by atoms with E-state index in [0.29, 0.717) is 6.73 Å². The number of anilines is 1. The van der Waals surface area contributed by atoms with E-state index in [-0.39, 0.29) is 0 Å². The van der Waals surface area contributed by atoms with Gasteiger partial charge in [-0.05, 0) is 12.1 Å². The molecule has 0 aromatic heterocycles. The standard InChI is InChI=1S/C10H11NO2/c12-7-9-3-1-2-4-10(9)11-5-6-13-8-11/h1-4,7H,5-6,8H2. The Morgan fingerprint density at radius 1 is 1.38 bits per heavy atom. The molecule has 0 radical (unpaired) electrons. The summed E-state index contributed by atoms with van der Waals surface area (Å²) in [5.74, 6) is 0. The van der Waals surface area contributed by atoms with Gasteiger partial charge in [0.1, 0.15) is 6.73 Å². The third-order valence-electron chi connectivity index (χ3n) is 2.16. The van der Waals surface area contributed by atoms with Gasteiger partial charge in [-0.2, -0.15) is 0 Å². The van der Waals surface area contributed by atoms with E-state index < -0.39 is 0 Å². The summed E-state index contributed by atoms with van der Waals surface area (Å²) in [6.45, 7) is 2.20. The first-order valence-electron chi connectivity index (χ1n) is 4.29. The monoisotopic (exact) mass is 177 g/mol. The Bertz CT molecular complexity index is 306. The van der Waals surface area contributed by atoms with Crippen LogP contribution in [0.25, 0.3) is 0 Å². The molecule has 0 unspecified atom stereocenters. The summed E-state index contributed by atoms with van der Waals surface area (Å²) >= 11 is 0. The minimum Gasteiger partial charge on any atom is -0.359 e. The number of carbonyl (C=O) groups excluding carboxylic acids is 1. The molecular formula is C10H11NO2. The van der Waals surface area contributed by atoms with Crippen LogP contribution >= 0.6 is 0 Å². The molecular weight excluding hydrogens is 166 g/mol. The molecule has 1 fully saturated rings. The zero-order chi connectivity index (χ0) is 9.10. The van der Waals surface area contributed by atoms with Gasteiger partial charge in [-0.25, -0.2) is 0 Å². The van der Waals surface area contributed by atoms with Crippen LogP contribution in [0.5, 0.6) is 0 Å². The van der Waals surface area contributed by atoms with Crippen LogP contribution < -0.4 is 4.90 Å².